The van der Waals surface area contributed by atoms with Gasteiger partial charge in [-0.1, -0.05) is 24.3 Å². The second kappa shape index (κ2) is 6.93. The van der Waals surface area contributed by atoms with Crippen molar-refractivity contribution < 1.29 is 17.7 Å². The fraction of sp³-hybridized carbons (Fsp3) is 0.684. The predicted octanol–water partition coefficient (Wildman–Crippen LogP) is 1.99. The molecule has 0 atom stereocenters. The smallest absolute Gasteiger partial charge is 0.399 e. The van der Waals surface area contributed by atoms with Crippen molar-refractivity contribution in [2.75, 3.05) is 19.3 Å². The van der Waals surface area contributed by atoms with Crippen molar-refractivity contribution in [3.05, 3.63) is 29.8 Å². The van der Waals surface area contributed by atoms with Gasteiger partial charge in [0.05, 0.1) is 16.5 Å². The van der Waals surface area contributed by atoms with E-state index >= 15 is 0 Å². The third-order valence-corrected chi connectivity index (χ3v) is 7.73. The molecule has 2 aliphatic heterocycles. The molecule has 0 bridgehead atoms. The highest BCUT2D eigenvalue weighted by Gasteiger charge is 2.51. The van der Waals surface area contributed by atoms with Crippen LogP contribution in [-0.2, 0) is 25.7 Å². The van der Waals surface area contributed by atoms with Gasteiger partial charge in [-0.2, -0.15) is 0 Å². The first kappa shape index (κ1) is 19.9. The minimum atomic E-state index is -2.91. The van der Waals surface area contributed by atoms with E-state index in [1.807, 2.05) is 0 Å². The van der Waals surface area contributed by atoms with Crippen LogP contribution >= 0.6 is 0 Å². The van der Waals surface area contributed by atoms with Crippen LogP contribution in [0.4, 0.5) is 0 Å². The lowest BCUT2D eigenvalue weighted by Gasteiger charge is -2.32. The Hall–Kier alpha value is -0.885. The molecule has 3 rings (SSSR count). The summed E-state index contributed by atoms with van der Waals surface area (Å²) in [6.07, 6.45) is 2.80. The van der Waals surface area contributed by atoms with Crippen LogP contribution in [-0.4, -0.2) is 56.2 Å². The van der Waals surface area contributed by atoms with Crippen LogP contribution in [0.2, 0.25) is 0 Å². The molecule has 2 aliphatic rings. The van der Waals surface area contributed by atoms with Gasteiger partial charge in [-0.05, 0) is 64.7 Å². The summed E-state index contributed by atoms with van der Waals surface area (Å²) < 4.78 is 35.5. The number of nitrogens with zero attached hydrogens (tertiary/aromatic N) is 1. The summed E-state index contributed by atoms with van der Waals surface area (Å²) in [5.41, 5.74) is 1.59. The summed E-state index contributed by atoms with van der Waals surface area (Å²) in [7, 11) is -3.24. The highest BCUT2D eigenvalue weighted by Crippen LogP contribution is 2.36. The maximum Gasteiger partial charge on any atom is 0.494 e. The van der Waals surface area contributed by atoms with Crippen molar-refractivity contribution in [1.82, 2.24) is 4.90 Å². The highest BCUT2D eigenvalue weighted by molar-refractivity contribution is 7.91. The normalized spacial score (nSPS) is 24.1. The largest absolute Gasteiger partial charge is 0.494 e. The zero-order chi connectivity index (χ0) is 19.2. The summed E-state index contributed by atoms with van der Waals surface area (Å²) in [5, 5.41) is -0.176. The molecule has 1 aromatic rings. The first-order chi connectivity index (χ1) is 12.0. The van der Waals surface area contributed by atoms with Crippen molar-refractivity contribution in [2.24, 2.45) is 0 Å². The molecule has 0 spiro atoms. The molecule has 2 heterocycles. The average Bonchev–Trinajstić information content (AvgIpc) is 2.76. The Kier molecular flexibility index (Phi) is 5.30. The molecule has 1 aromatic carbocycles. The van der Waals surface area contributed by atoms with Gasteiger partial charge >= 0.3 is 7.12 Å². The van der Waals surface area contributed by atoms with Crippen molar-refractivity contribution in [3.63, 3.8) is 0 Å². The van der Waals surface area contributed by atoms with Crippen molar-refractivity contribution in [3.8, 4) is 0 Å². The molecule has 0 radical (unpaired) electrons. The Morgan fingerprint density at radius 2 is 1.54 bits per heavy atom. The monoisotopic (exact) mass is 379 g/mol. The molecular formula is C19H30BNO4S. The van der Waals surface area contributed by atoms with Crippen molar-refractivity contribution in [2.45, 2.75) is 63.5 Å². The number of rotatable bonds is 4. The van der Waals surface area contributed by atoms with E-state index in [0.29, 0.717) is 0 Å². The molecule has 5 nitrogen and oxygen atoms in total. The van der Waals surface area contributed by atoms with E-state index in [-0.39, 0.29) is 23.6 Å². The summed E-state index contributed by atoms with van der Waals surface area (Å²) >= 11 is 0. The number of benzene rings is 1. The molecule has 0 aliphatic carbocycles. The zero-order valence-electron chi connectivity index (χ0n) is 16.5. The Morgan fingerprint density at radius 3 is 2.00 bits per heavy atom. The van der Waals surface area contributed by atoms with Crippen LogP contribution in [0.1, 0.15) is 46.1 Å². The summed E-state index contributed by atoms with van der Waals surface area (Å²) in [4.78, 5) is 2.32. The minimum absolute atomic E-state index is 0.176. The van der Waals surface area contributed by atoms with E-state index in [2.05, 4.69) is 56.9 Å². The van der Waals surface area contributed by atoms with E-state index in [4.69, 9.17) is 9.31 Å². The Labute approximate surface area is 158 Å². The summed E-state index contributed by atoms with van der Waals surface area (Å²) in [6, 6.07) is 8.37. The first-order valence-electron chi connectivity index (χ1n) is 9.34. The molecule has 0 amide bonds. The van der Waals surface area contributed by atoms with E-state index in [1.165, 1.54) is 11.8 Å². The minimum Gasteiger partial charge on any atom is -0.399 e. The summed E-state index contributed by atoms with van der Waals surface area (Å²) in [6.45, 7) is 10.7. The van der Waals surface area contributed by atoms with Crippen LogP contribution < -0.4 is 5.46 Å². The Balaban J connectivity index is 1.58. The van der Waals surface area contributed by atoms with Crippen LogP contribution in [0.25, 0.3) is 0 Å². The number of sulfone groups is 1. The van der Waals surface area contributed by atoms with E-state index < -0.39 is 9.84 Å². The van der Waals surface area contributed by atoms with Gasteiger partial charge in [-0.3, -0.25) is 4.90 Å². The zero-order valence-corrected chi connectivity index (χ0v) is 17.3. The molecule has 0 unspecified atom stereocenters. The van der Waals surface area contributed by atoms with Gasteiger partial charge in [-0.15, -0.1) is 0 Å². The Morgan fingerprint density at radius 1 is 1.04 bits per heavy atom. The SMILES string of the molecule is CC1(C)OB(c2ccc(CN3CCC(S(C)(=O)=O)CC3)cc2)OC1(C)C. The lowest BCUT2D eigenvalue weighted by atomic mass is 9.79. The number of hydrogen-bond donors (Lipinski definition) is 0. The van der Waals surface area contributed by atoms with Gasteiger partial charge in [0, 0.05) is 12.8 Å². The second-order valence-corrected chi connectivity index (χ2v) is 11.0. The topological polar surface area (TPSA) is 55.8 Å². The molecule has 0 saturated carbocycles. The van der Waals surface area contributed by atoms with E-state index in [9.17, 15) is 8.42 Å². The molecule has 26 heavy (non-hydrogen) atoms. The number of piperidine rings is 1. The third-order valence-electron chi connectivity index (χ3n) is 6.05. The van der Waals surface area contributed by atoms with Crippen molar-refractivity contribution >= 4 is 22.4 Å². The third kappa shape index (κ3) is 4.16. The van der Waals surface area contributed by atoms with Crippen LogP contribution in [0, 0.1) is 0 Å². The van der Waals surface area contributed by atoms with Gasteiger partial charge < -0.3 is 9.31 Å². The molecular weight excluding hydrogens is 349 g/mol. The molecule has 2 saturated heterocycles. The van der Waals surface area contributed by atoms with Gasteiger partial charge in [-0.25, -0.2) is 8.42 Å². The van der Waals surface area contributed by atoms with E-state index in [1.54, 1.807) is 0 Å². The quantitative estimate of drug-likeness (QED) is 0.749. The maximum atomic E-state index is 11.7. The predicted molar refractivity (Wildman–Crippen MR) is 105 cm³/mol. The van der Waals surface area contributed by atoms with Gasteiger partial charge in [0.25, 0.3) is 0 Å². The average molecular weight is 379 g/mol. The highest BCUT2D eigenvalue weighted by atomic mass is 32.2. The standard InChI is InChI=1S/C19H30BNO4S/c1-18(2)19(3,4)25-20(24-18)16-8-6-15(7-9-16)14-21-12-10-17(11-13-21)26(5,22)23/h6-9,17H,10-14H2,1-5H3. The van der Waals surface area contributed by atoms with Gasteiger partial charge in [0.1, 0.15) is 9.84 Å². The fourth-order valence-electron chi connectivity index (χ4n) is 3.51. The van der Waals surface area contributed by atoms with Crippen LogP contribution in [0.5, 0.6) is 0 Å². The fourth-order valence-corrected chi connectivity index (χ4v) is 4.58. The molecule has 2 fully saturated rings. The molecule has 144 valence electrons. The van der Waals surface area contributed by atoms with Crippen LogP contribution in [0.3, 0.4) is 0 Å². The lowest BCUT2D eigenvalue weighted by molar-refractivity contribution is 0.00578. The Bertz CT molecular complexity index is 721. The van der Waals surface area contributed by atoms with Gasteiger partial charge in [0.15, 0.2) is 0 Å². The van der Waals surface area contributed by atoms with Gasteiger partial charge in [0.2, 0.25) is 0 Å². The number of hydrogen-bond acceptors (Lipinski definition) is 5. The molecule has 0 aromatic heterocycles. The molecule has 0 N–H and O–H groups in total. The van der Waals surface area contributed by atoms with Crippen LogP contribution in [0.15, 0.2) is 24.3 Å². The van der Waals surface area contributed by atoms with Crippen molar-refractivity contribution in [1.29, 1.82) is 0 Å². The maximum absolute atomic E-state index is 11.7. The summed E-state index contributed by atoms with van der Waals surface area (Å²) in [5.74, 6) is 0. The number of likely N-dealkylation sites (tertiary alicyclic amines) is 1. The second-order valence-electron chi connectivity index (χ2n) is 8.63. The first-order valence-corrected chi connectivity index (χ1v) is 11.3. The molecule has 7 heteroatoms. The van der Waals surface area contributed by atoms with E-state index in [0.717, 1.165) is 37.9 Å². The lowest BCUT2D eigenvalue weighted by Crippen LogP contribution is -2.41.